The monoisotopic (exact) mass is 305 g/mol. The zero-order valence-electron chi connectivity index (χ0n) is 13.9. The highest BCUT2D eigenvalue weighted by molar-refractivity contribution is 5.95. The van der Waals surface area contributed by atoms with Gasteiger partial charge in [-0.05, 0) is 25.8 Å². The molecule has 1 aromatic rings. The summed E-state index contributed by atoms with van der Waals surface area (Å²) in [5, 5.41) is 6.33. The number of hydrogen-bond acceptors (Lipinski definition) is 5. The summed E-state index contributed by atoms with van der Waals surface area (Å²) >= 11 is 0. The normalized spacial score (nSPS) is 16.0. The Bertz CT molecular complexity index is 497. The Morgan fingerprint density at radius 3 is 2.82 bits per heavy atom. The Morgan fingerprint density at radius 2 is 2.14 bits per heavy atom. The van der Waals surface area contributed by atoms with Crippen molar-refractivity contribution in [2.75, 3.05) is 39.3 Å². The minimum absolute atomic E-state index is 0.0657. The van der Waals surface area contributed by atoms with Gasteiger partial charge in [0.2, 0.25) is 0 Å². The van der Waals surface area contributed by atoms with E-state index < -0.39 is 0 Å². The highest BCUT2D eigenvalue weighted by atomic mass is 16.1. The molecule has 0 radical (unpaired) electrons. The van der Waals surface area contributed by atoms with Gasteiger partial charge in [-0.25, -0.2) is 9.97 Å². The van der Waals surface area contributed by atoms with Gasteiger partial charge in [0, 0.05) is 38.9 Å². The van der Waals surface area contributed by atoms with Crippen LogP contribution in [0.4, 0.5) is 0 Å². The molecule has 122 valence electrons. The maximum atomic E-state index is 12.3. The first-order valence-electron chi connectivity index (χ1n) is 8.12. The lowest BCUT2D eigenvalue weighted by molar-refractivity contribution is 0.0949. The lowest BCUT2D eigenvalue weighted by Crippen LogP contribution is -2.44. The number of rotatable bonds is 6. The van der Waals surface area contributed by atoms with E-state index in [2.05, 4.69) is 25.5 Å². The third-order valence-electron chi connectivity index (χ3n) is 3.88. The molecular formula is C16H27N5O. The summed E-state index contributed by atoms with van der Waals surface area (Å²) in [6.45, 7) is 12.0. The van der Waals surface area contributed by atoms with Gasteiger partial charge >= 0.3 is 0 Å². The molecule has 0 aromatic carbocycles. The van der Waals surface area contributed by atoms with Gasteiger partial charge in [-0.15, -0.1) is 0 Å². The van der Waals surface area contributed by atoms with Crippen LogP contribution in [-0.2, 0) is 0 Å². The minimum Gasteiger partial charge on any atom is -0.352 e. The molecule has 2 rings (SSSR count). The second kappa shape index (κ2) is 8.19. The number of nitrogens with one attached hydrogen (secondary N) is 2. The quantitative estimate of drug-likeness (QED) is 0.765. The van der Waals surface area contributed by atoms with E-state index in [1.165, 1.54) is 0 Å². The summed E-state index contributed by atoms with van der Waals surface area (Å²) < 4.78 is 0. The van der Waals surface area contributed by atoms with Gasteiger partial charge in [0.25, 0.3) is 5.91 Å². The third-order valence-corrected chi connectivity index (χ3v) is 3.88. The number of carbonyl (C=O) groups excluding carboxylic acids is 1. The molecule has 1 amide bonds. The molecule has 0 unspecified atom stereocenters. The van der Waals surface area contributed by atoms with Crippen LogP contribution in [0, 0.1) is 6.92 Å². The maximum Gasteiger partial charge on any atom is 0.254 e. The fourth-order valence-corrected chi connectivity index (χ4v) is 2.64. The first-order chi connectivity index (χ1) is 10.6. The smallest absolute Gasteiger partial charge is 0.254 e. The second-order valence-corrected chi connectivity index (χ2v) is 6.07. The fourth-order valence-electron chi connectivity index (χ4n) is 2.64. The largest absolute Gasteiger partial charge is 0.352 e. The average Bonchev–Trinajstić information content (AvgIpc) is 2.52. The van der Waals surface area contributed by atoms with E-state index in [0.717, 1.165) is 44.8 Å². The van der Waals surface area contributed by atoms with Gasteiger partial charge in [-0.1, -0.05) is 13.8 Å². The van der Waals surface area contributed by atoms with Crippen molar-refractivity contribution in [1.82, 2.24) is 25.5 Å². The van der Waals surface area contributed by atoms with E-state index in [4.69, 9.17) is 0 Å². The molecule has 0 bridgehead atoms. The van der Waals surface area contributed by atoms with Crippen molar-refractivity contribution in [2.24, 2.45) is 0 Å². The summed E-state index contributed by atoms with van der Waals surface area (Å²) in [5.74, 6) is 0.853. The number of aryl methyl sites for hydroxylation is 1. The molecule has 6 nitrogen and oxygen atoms in total. The standard InChI is InChI=1S/C16H27N5O/c1-12(2)15-14(11-19-13(3)20-15)16(22)18-5-4-8-21-9-6-17-7-10-21/h11-12,17H,4-10H2,1-3H3,(H,18,22). The van der Waals surface area contributed by atoms with Gasteiger partial charge in [0.05, 0.1) is 11.3 Å². The highest BCUT2D eigenvalue weighted by Gasteiger charge is 2.16. The van der Waals surface area contributed by atoms with Crippen LogP contribution in [0.2, 0.25) is 0 Å². The Labute approximate surface area is 132 Å². The van der Waals surface area contributed by atoms with E-state index in [1.54, 1.807) is 6.20 Å². The zero-order chi connectivity index (χ0) is 15.9. The summed E-state index contributed by atoms with van der Waals surface area (Å²) in [6, 6.07) is 0. The number of piperazine rings is 1. The minimum atomic E-state index is -0.0657. The van der Waals surface area contributed by atoms with E-state index in [0.29, 0.717) is 17.9 Å². The molecule has 0 atom stereocenters. The summed E-state index contributed by atoms with van der Waals surface area (Å²) in [7, 11) is 0. The predicted molar refractivity (Wildman–Crippen MR) is 87.1 cm³/mol. The number of carbonyl (C=O) groups is 1. The SMILES string of the molecule is Cc1ncc(C(=O)NCCCN2CCNCC2)c(C(C)C)n1. The molecule has 2 N–H and O–H groups in total. The molecule has 1 fully saturated rings. The molecule has 22 heavy (non-hydrogen) atoms. The van der Waals surface area contributed by atoms with E-state index in [1.807, 2.05) is 20.8 Å². The van der Waals surface area contributed by atoms with Crippen LogP contribution < -0.4 is 10.6 Å². The van der Waals surface area contributed by atoms with Gasteiger partial charge in [-0.3, -0.25) is 4.79 Å². The summed E-state index contributed by atoms with van der Waals surface area (Å²) in [5.41, 5.74) is 1.43. The topological polar surface area (TPSA) is 70.2 Å². The number of hydrogen-bond donors (Lipinski definition) is 2. The van der Waals surface area contributed by atoms with Crippen LogP contribution in [0.3, 0.4) is 0 Å². The highest BCUT2D eigenvalue weighted by Crippen LogP contribution is 2.16. The predicted octanol–water partition coefficient (Wildman–Crippen LogP) is 0.934. The zero-order valence-corrected chi connectivity index (χ0v) is 13.9. The first-order valence-corrected chi connectivity index (χ1v) is 8.12. The Hall–Kier alpha value is -1.53. The van der Waals surface area contributed by atoms with Crippen molar-refractivity contribution in [3.63, 3.8) is 0 Å². The molecule has 1 aliphatic heterocycles. The van der Waals surface area contributed by atoms with Crippen molar-refractivity contribution in [2.45, 2.75) is 33.1 Å². The lowest BCUT2D eigenvalue weighted by Gasteiger charge is -2.27. The molecule has 0 spiro atoms. The Balaban J connectivity index is 1.82. The van der Waals surface area contributed by atoms with Crippen LogP contribution in [0.1, 0.15) is 48.1 Å². The molecule has 0 saturated carbocycles. The average molecular weight is 305 g/mol. The second-order valence-electron chi connectivity index (χ2n) is 6.07. The van der Waals surface area contributed by atoms with Gasteiger partial charge in [-0.2, -0.15) is 0 Å². The van der Waals surface area contributed by atoms with Crippen LogP contribution in [0.5, 0.6) is 0 Å². The van der Waals surface area contributed by atoms with Crippen molar-refractivity contribution >= 4 is 5.91 Å². The van der Waals surface area contributed by atoms with Crippen molar-refractivity contribution in [3.8, 4) is 0 Å². The van der Waals surface area contributed by atoms with Gasteiger partial charge in [0.15, 0.2) is 0 Å². The van der Waals surface area contributed by atoms with Crippen molar-refractivity contribution in [1.29, 1.82) is 0 Å². The maximum absolute atomic E-state index is 12.3. The molecule has 1 aromatic heterocycles. The molecule has 1 aliphatic rings. The van der Waals surface area contributed by atoms with Crippen LogP contribution in [0.25, 0.3) is 0 Å². The van der Waals surface area contributed by atoms with E-state index >= 15 is 0 Å². The summed E-state index contributed by atoms with van der Waals surface area (Å²) in [4.78, 5) is 23.3. The van der Waals surface area contributed by atoms with Crippen molar-refractivity contribution < 1.29 is 4.79 Å². The molecule has 6 heteroatoms. The Kier molecular flexibility index (Phi) is 6.27. The van der Waals surface area contributed by atoms with Gasteiger partial charge < -0.3 is 15.5 Å². The third kappa shape index (κ3) is 4.74. The van der Waals surface area contributed by atoms with Crippen LogP contribution in [-0.4, -0.2) is 60.0 Å². The van der Waals surface area contributed by atoms with E-state index in [-0.39, 0.29) is 11.8 Å². The fraction of sp³-hybridized carbons (Fsp3) is 0.688. The molecular weight excluding hydrogens is 278 g/mol. The molecule has 1 saturated heterocycles. The Morgan fingerprint density at radius 1 is 1.41 bits per heavy atom. The number of amides is 1. The van der Waals surface area contributed by atoms with Crippen LogP contribution >= 0.6 is 0 Å². The molecule has 2 heterocycles. The number of nitrogens with zero attached hydrogens (tertiary/aromatic N) is 3. The van der Waals surface area contributed by atoms with Gasteiger partial charge in [0.1, 0.15) is 5.82 Å². The summed E-state index contributed by atoms with van der Waals surface area (Å²) in [6.07, 6.45) is 2.61. The molecule has 0 aliphatic carbocycles. The first kappa shape index (κ1) is 16.8. The van der Waals surface area contributed by atoms with E-state index in [9.17, 15) is 4.79 Å². The van der Waals surface area contributed by atoms with Crippen LogP contribution in [0.15, 0.2) is 6.20 Å². The number of aromatic nitrogens is 2. The lowest BCUT2D eigenvalue weighted by atomic mass is 10.0. The van der Waals surface area contributed by atoms with Crippen molar-refractivity contribution in [3.05, 3.63) is 23.3 Å².